The molecule has 0 saturated carbocycles. The number of hydrogen-bond acceptors (Lipinski definition) is 2. The molecule has 0 radical (unpaired) electrons. The maximum atomic E-state index is 11.7. The number of aromatic carboxylic acids is 1. The van der Waals surface area contributed by atoms with E-state index in [1.54, 1.807) is 0 Å². The lowest BCUT2D eigenvalue weighted by Crippen LogP contribution is -2.10. The van der Waals surface area contributed by atoms with Crippen LogP contribution in [0.25, 0.3) is 0 Å². The third-order valence-corrected chi connectivity index (χ3v) is 4.39. The van der Waals surface area contributed by atoms with Gasteiger partial charge in [-0.15, -0.1) is 6.58 Å². The maximum absolute atomic E-state index is 11.7. The van der Waals surface area contributed by atoms with Gasteiger partial charge in [-0.2, -0.15) is 0 Å². The molecule has 1 aromatic rings. The second-order valence-corrected chi connectivity index (χ2v) is 6.52. The molecular formula is C20H30O3. The van der Waals surface area contributed by atoms with E-state index in [9.17, 15) is 15.0 Å². The van der Waals surface area contributed by atoms with Crippen LogP contribution in [0.4, 0.5) is 0 Å². The Hall–Kier alpha value is -1.77. The highest BCUT2D eigenvalue weighted by Gasteiger charge is 2.24. The molecule has 3 heteroatoms. The van der Waals surface area contributed by atoms with E-state index in [2.05, 4.69) is 20.4 Å². The van der Waals surface area contributed by atoms with Gasteiger partial charge >= 0.3 is 5.97 Å². The summed E-state index contributed by atoms with van der Waals surface area (Å²) >= 11 is 0. The minimum absolute atomic E-state index is 0.0444. The molecule has 0 spiro atoms. The van der Waals surface area contributed by atoms with Crippen molar-refractivity contribution < 1.29 is 15.0 Å². The molecule has 0 aliphatic carbocycles. The molecule has 23 heavy (non-hydrogen) atoms. The molecular weight excluding hydrogens is 288 g/mol. The molecule has 1 atom stereocenters. The first kappa shape index (κ1) is 19.3. The fourth-order valence-corrected chi connectivity index (χ4v) is 3.27. The lowest BCUT2D eigenvalue weighted by atomic mass is 9.83. The quantitative estimate of drug-likeness (QED) is 0.461. The number of carboxylic acid groups (broad SMARTS) is 1. The van der Waals surface area contributed by atoms with E-state index in [1.807, 2.05) is 19.9 Å². The molecule has 0 bridgehead atoms. The zero-order valence-corrected chi connectivity index (χ0v) is 14.9. The van der Waals surface area contributed by atoms with E-state index in [4.69, 9.17) is 0 Å². The highest BCUT2D eigenvalue weighted by molar-refractivity contribution is 5.93. The minimum Gasteiger partial charge on any atom is -0.507 e. The number of carbonyl (C=O) groups is 1. The molecule has 1 unspecified atom stereocenters. The standard InChI is InChI=1S/C20H30O3/c1-6-8-9-10-16-12-14(5)17(15(7-2)11-13(3)4)19(21)18(16)20(22)23/h12,15,21H,3,6-11H2,1-2,4-5H3,(H,22,23). The number of benzene rings is 1. The molecule has 0 saturated heterocycles. The van der Waals surface area contributed by atoms with Crippen molar-refractivity contribution in [2.45, 2.75) is 72.1 Å². The van der Waals surface area contributed by atoms with Gasteiger partial charge in [0.1, 0.15) is 11.3 Å². The van der Waals surface area contributed by atoms with Crippen LogP contribution in [-0.4, -0.2) is 16.2 Å². The summed E-state index contributed by atoms with van der Waals surface area (Å²) in [6, 6.07) is 1.95. The summed E-state index contributed by atoms with van der Waals surface area (Å²) in [7, 11) is 0. The van der Waals surface area contributed by atoms with Gasteiger partial charge in [0.2, 0.25) is 0 Å². The number of phenols is 1. The summed E-state index contributed by atoms with van der Waals surface area (Å²) in [4.78, 5) is 11.7. The Bertz CT molecular complexity index is 573. The fourth-order valence-electron chi connectivity index (χ4n) is 3.27. The van der Waals surface area contributed by atoms with Crippen LogP contribution in [0.3, 0.4) is 0 Å². The molecule has 0 amide bonds. The maximum Gasteiger partial charge on any atom is 0.339 e. The van der Waals surface area contributed by atoms with Crippen molar-refractivity contribution in [1.82, 2.24) is 0 Å². The average molecular weight is 318 g/mol. The number of hydrogen-bond donors (Lipinski definition) is 2. The second-order valence-electron chi connectivity index (χ2n) is 6.52. The topological polar surface area (TPSA) is 57.5 Å². The smallest absolute Gasteiger partial charge is 0.339 e. The van der Waals surface area contributed by atoms with Crippen LogP contribution < -0.4 is 0 Å². The van der Waals surface area contributed by atoms with Crippen molar-refractivity contribution in [2.24, 2.45) is 0 Å². The first-order valence-corrected chi connectivity index (χ1v) is 8.56. The van der Waals surface area contributed by atoms with Gasteiger partial charge in [0, 0.05) is 5.56 Å². The molecule has 1 rings (SSSR count). The summed E-state index contributed by atoms with van der Waals surface area (Å²) < 4.78 is 0. The van der Waals surface area contributed by atoms with Crippen LogP contribution in [0.2, 0.25) is 0 Å². The van der Waals surface area contributed by atoms with Crippen LogP contribution in [0, 0.1) is 6.92 Å². The third-order valence-electron chi connectivity index (χ3n) is 4.39. The van der Waals surface area contributed by atoms with Crippen molar-refractivity contribution in [2.75, 3.05) is 0 Å². The molecule has 0 aliphatic rings. The molecule has 3 nitrogen and oxygen atoms in total. The van der Waals surface area contributed by atoms with Gasteiger partial charge in [0.25, 0.3) is 0 Å². The first-order valence-electron chi connectivity index (χ1n) is 8.56. The van der Waals surface area contributed by atoms with Crippen LogP contribution in [0.15, 0.2) is 18.2 Å². The van der Waals surface area contributed by atoms with Crippen molar-refractivity contribution in [3.05, 3.63) is 40.5 Å². The highest BCUT2D eigenvalue weighted by Crippen LogP contribution is 2.39. The summed E-state index contributed by atoms with van der Waals surface area (Å²) in [6.45, 7) is 12.1. The Morgan fingerprint density at radius 1 is 1.30 bits per heavy atom. The second kappa shape index (κ2) is 8.76. The number of aromatic hydroxyl groups is 1. The lowest BCUT2D eigenvalue weighted by molar-refractivity contribution is 0.0692. The minimum atomic E-state index is -1.04. The number of rotatable bonds is 9. The zero-order valence-electron chi connectivity index (χ0n) is 14.9. The third kappa shape index (κ3) is 4.85. The van der Waals surface area contributed by atoms with Gasteiger partial charge in [0.05, 0.1) is 0 Å². The van der Waals surface area contributed by atoms with Gasteiger partial charge in [-0.3, -0.25) is 0 Å². The van der Waals surface area contributed by atoms with Crippen molar-refractivity contribution >= 4 is 5.97 Å². The number of allylic oxidation sites excluding steroid dienone is 1. The number of unbranched alkanes of at least 4 members (excludes halogenated alkanes) is 2. The van der Waals surface area contributed by atoms with E-state index in [1.165, 1.54) is 0 Å². The number of carboxylic acids is 1. The fraction of sp³-hybridized carbons (Fsp3) is 0.550. The summed E-state index contributed by atoms with van der Waals surface area (Å²) in [6.07, 6.45) is 5.39. The van der Waals surface area contributed by atoms with Crippen LogP contribution >= 0.6 is 0 Å². The van der Waals surface area contributed by atoms with Crippen LogP contribution in [0.1, 0.15) is 85.8 Å². The Kier molecular flexibility index (Phi) is 7.34. The molecule has 1 aromatic carbocycles. The van der Waals surface area contributed by atoms with E-state index in [0.717, 1.165) is 54.4 Å². The van der Waals surface area contributed by atoms with Crippen LogP contribution in [0.5, 0.6) is 5.75 Å². The zero-order chi connectivity index (χ0) is 17.6. The first-order chi connectivity index (χ1) is 10.8. The van der Waals surface area contributed by atoms with Gasteiger partial charge < -0.3 is 10.2 Å². The summed E-state index contributed by atoms with van der Waals surface area (Å²) in [5.41, 5.74) is 3.62. The number of aryl methyl sites for hydroxylation is 2. The van der Waals surface area contributed by atoms with Gasteiger partial charge in [0.15, 0.2) is 0 Å². The Balaban J connectivity index is 3.36. The average Bonchev–Trinajstić information content (AvgIpc) is 2.45. The van der Waals surface area contributed by atoms with E-state index in [0.29, 0.717) is 6.42 Å². The van der Waals surface area contributed by atoms with Gasteiger partial charge in [-0.1, -0.05) is 38.3 Å². The Labute approximate surface area is 140 Å². The van der Waals surface area contributed by atoms with E-state index < -0.39 is 5.97 Å². The lowest BCUT2D eigenvalue weighted by Gasteiger charge is -2.22. The SMILES string of the molecule is C=C(C)CC(CC)c1c(C)cc(CCCCC)c(C(=O)O)c1O. The molecule has 0 fully saturated rings. The predicted octanol–water partition coefficient (Wildman–Crippen LogP) is 5.59. The van der Waals surface area contributed by atoms with Gasteiger partial charge in [-0.05, 0) is 56.6 Å². The highest BCUT2D eigenvalue weighted by atomic mass is 16.4. The Morgan fingerprint density at radius 2 is 1.96 bits per heavy atom. The van der Waals surface area contributed by atoms with E-state index >= 15 is 0 Å². The molecule has 0 aliphatic heterocycles. The molecule has 128 valence electrons. The van der Waals surface area contributed by atoms with Crippen molar-refractivity contribution in [3.8, 4) is 5.75 Å². The molecule has 2 N–H and O–H groups in total. The molecule has 0 aromatic heterocycles. The van der Waals surface area contributed by atoms with Crippen molar-refractivity contribution in [1.29, 1.82) is 0 Å². The monoisotopic (exact) mass is 318 g/mol. The summed E-state index contributed by atoms with van der Waals surface area (Å²) in [5.74, 6) is -0.979. The molecule has 0 heterocycles. The largest absolute Gasteiger partial charge is 0.507 e. The normalized spacial score (nSPS) is 12.2. The van der Waals surface area contributed by atoms with Gasteiger partial charge in [-0.25, -0.2) is 4.79 Å². The summed E-state index contributed by atoms with van der Waals surface area (Å²) in [5, 5.41) is 20.3. The van der Waals surface area contributed by atoms with Crippen LogP contribution in [-0.2, 0) is 6.42 Å². The predicted molar refractivity (Wildman–Crippen MR) is 95.5 cm³/mol. The Morgan fingerprint density at radius 3 is 2.43 bits per heavy atom. The van der Waals surface area contributed by atoms with E-state index in [-0.39, 0.29) is 17.2 Å². The van der Waals surface area contributed by atoms with Crippen molar-refractivity contribution in [3.63, 3.8) is 0 Å².